The number of carbonyl (C=O) groups is 3. The Morgan fingerprint density at radius 1 is 1.02 bits per heavy atom. The number of hydrogen-bond acceptors (Lipinski definition) is 7. The van der Waals surface area contributed by atoms with Crippen LogP contribution < -0.4 is 21.3 Å². The molecule has 3 amide bonds. The summed E-state index contributed by atoms with van der Waals surface area (Å²) < 4.78 is 57.7. The fourth-order valence-corrected chi connectivity index (χ4v) is 4.87. The van der Waals surface area contributed by atoms with Crippen molar-refractivity contribution in [1.29, 1.82) is 0 Å². The van der Waals surface area contributed by atoms with E-state index in [1.165, 1.54) is 36.5 Å². The molecule has 0 saturated carbocycles. The van der Waals surface area contributed by atoms with Crippen molar-refractivity contribution in [3.8, 4) is 0 Å². The number of carbonyl (C=O) groups excluding carboxylic acids is 3. The molecule has 3 aromatic rings. The molecule has 0 aliphatic carbocycles. The number of hydrogen-bond donors (Lipinski definition) is 4. The van der Waals surface area contributed by atoms with Gasteiger partial charge in [-0.25, -0.2) is 14.4 Å². The van der Waals surface area contributed by atoms with Gasteiger partial charge in [0.1, 0.15) is 18.3 Å². The number of anilines is 1. The van der Waals surface area contributed by atoms with Crippen LogP contribution in [-0.2, 0) is 20.9 Å². The monoisotopic (exact) mass is 743 g/mol. The summed E-state index contributed by atoms with van der Waals surface area (Å²) in [6.45, 7) is 4.31. The van der Waals surface area contributed by atoms with Crippen molar-refractivity contribution in [2.75, 3.05) is 25.0 Å². The first-order valence-electron chi connectivity index (χ1n) is 16.2. The standard InChI is InChI=1S/C36H38ClF4N7O4/c1-4-23-14-28(16-30(48-34(23)52-21-36(39,40)41)42-17-22-8-11-25(37)12-9-22)46-29-13-10-24(18-43-29)31(49)44-19-35(2,3)20-45-32(50)33(51)47-27-7-5-6-26(38)15-27/h5-15,18,34H,4,16-17,19-21H2,1-3H3,(H,42,48)(H,44,49)(H,45,50)(H,47,51). The van der Waals surface area contributed by atoms with Gasteiger partial charge in [0.05, 0.1) is 17.8 Å². The lowest BCUT2D eigenvalue weighted by atomic mass is 9.93. The summed E-state index contributed by atoms with van der Waals surface area (Å²) in [6.07, 6.45) is -2.10. The average molecular weight is 744 g/mol. The van der Waals surface area contributed by atoms with Crippen molar-refractivity contribution in [2.24, 2.45) is 15.4 Å². The lowest BCUT2D eigenvalue weighted by Gasteiger charge is -2.25. The quantitative estimate of drug-likeness (QED) is 0.127. The minimum Gasteiger partial charge on any atom is -0.351 e. The molecule has 1 unspecified atom stereocenters. The second kappa shape index (κ2) is 17.9. The van der Waals surface area contributed by atoms with Crippen LogP contribution in [0, 0.1) is 11.2 Å². The van der Waals surface area contributed by atoms with Crippen LogP contribution in [0.1, 0.15) is 49.5 Å². The summed E-state index contributed by atoms with van der Waals surface area (Å²) in [5.41, 5.74) is 1.55. The Labute approximate surface area is 303 Å². The molecule has 1 atom stereocenters. The van der Waals surface area contributed by atoms with Gasteiger partial charge < -0.3 is 26.0 Å². The highest BCUT2D eigenvalue weighted by Crippen LogP contribution is 2.22. The van der Waals surface area contributed by atoms with Gasteiger partial charge in [-0.15, -0.1) is 0 Å². The Morgan fingerprint density at radius 3 is 2.40 bits per heavy atom. The van der Waals surface area contributed by atoms with E-state index in [0.717, 1.165) is 11.6 Å². The molecule has 0 bridgehead atoms. The molecule has 1 aliphatic rings. The lowest BCUT2D eigenvalue weighted by molar-refractivity contribution is -0.183. The van der Waals surface area contributed by atoms with Gasteiger partial charge in [0.2, 0.25) is 0 Å². The molecule has 1 aliphatic heterocycles. The summed E-state index contributed by atoms with van der Waals surface area (Å²) in [5, 5.41) is 11.2. The fourth-order valence-electron chi connectivity index (χ4n) is 4.74. The molecule has 0 spiro atoms. The van der Waals surface area contributed by atoms with E-state index in [4.69, 9.17) is 16.3 Å². The SMILES string of the molecule is CCC1=CC(=Nc2ccc(C(=O)NCC(C)(C)CNC(=O)C(=O)Nc3cccc(F)c3)cn2)CC(=NCc2ccc(Cl)cc2)NC1OCC(F)(F)F. The smallest absolute Gasteiger partial charge is 0.351 e. The number of ether oxygens (including phenoxy) is 1. The lowest BCUT2D eigenvalue weighted by Crippen LogP contribution is -2.45. The predicted molar refractivity (Wildman–Crippen MR) is 190 cm³/mol. The Bertz CT molecular complexity index is 1830. The highest BCUT2D eigenvalue weighted by Gasteiger charge is 2.31. The van der Waals surface area contributed by atoms with Gasteiger partial charge in [-0.2, -0.15) is 13.2 Å². The van der Waals surface area contributed by atoms with E-state index in [-0.39, 0.29) is 43.1 Å². The highest BCUT2D eigenvalue weighted by atomic mass is 35.5. The maximum atomic E-state index is 13.4. The molecule has 2 aromatic carbocycles. The maximum Gasteiger partial charge on any atom is 0.411 e. The normalized spacial score (nSPS) is 16.5. The zero-order valence-electron chi connectivity index (χ0n) is 28.6. The Kier molecular flexibility index (Phi) is 13.6. The molecule has 0 saturated heterocycles. The Hall–Kier alpha value is -5.15. The van der Waals surface area contributed by atoms with E-state index in [9.17, 15) is 31.9 Å². The Balaban J connectivity index is 1.39. The number of alkyl halides is 3. The third-order valence-electron chi connectivity index (χ3n) is 7.53. The maximum absolute atomic E-state index is 13.4. The van der Waals surface area contributed by atoms with Crippen molar-refractivity contribution < 1.29 is 36.7 Å². The van der Waals surface area contributed by atoms with Crippen LogP contribution in [0.15, 0.2) is 88.5 Å². The number of pyridine rings is 1. The zero-order valence-corrected chi connectivity index (χ0v) is 29.4. The average Bonchev–Trinajstić information content (AvgIpc) is 3.26. The molecule has 2 heterocycles. The topological polar surface area (TPSA) is 146 Å². The summed E-state index contributed by atoms with van der Waals surface area (Å²) in [6, 6.07) is 15.2. The van der Waals surface area contributed by atoms with Gasteiger partial charge in [0, 0.05) is 36.4 Å². The van der Waals surface area contributed by atoms with E-state index in [0.29, 0.717) is 28.6 Å². The van der Waals surface area contributed by atoms with Crippen LogP contribution in [0.4, 0.5) is 29.1 Å². The largest absolute Gasteiger partial charge is 0.411 e. The van der Waals surface area contributed by atoms with Crippen LogP contribution in [0.5, 0.6) is 0 Å². The Morgan fingerprint density at radius 2 is 1.75 bits per heavy atom. The molecular formula is C36H38ClF4N7O4. The molecule has 0 fully saturated rings. The molecule has 1 aromatic heterocycles. The number of amides is 3. The minimum absolute atomic E-state index is 0.0482. The molecule has 16 heteroatoms. The number of aromatic nitrogens is 1. The van der Waals surface area contributed by atoms with Crippen molar-refractivity contribution in [3.63, 3.8) is 0 Å². The van der Waals surface area contributed by atoms with Gasteiger partial charge >= 0.3 is 18.0 Å². The van der Waals surface area contributed by atoms with Gasteiger partial charge in [-0.1, -0.05) is 50.6 Å². The van der Waals surface area contributed by atoms with Crippen LogP contribution in [0.3, 0.4) is 0 Å². The number of rotatable bonds is 12. The second-order valence-corrected chi connectivity index (χ2v) is 13.0. The van der Waals surface area contributed by atoms with Crippen LogP contribution in [0.2, 0.25) is 5.02 Å². The van der Waals surface area contributed by atoms with Gasteiger partial charge in [0.25, 0.3) is 5.91 Å². The molecule has 52 heavy (non-hydrogen) atoms. The number of nitrogens with one attached hydrogen (secondary N) is 4. The molecule has 11 nitrogen and oxygen atoms in total. The van der Waals surface area contributed by atoms with Gasteiger partial charge in [-0.3, -0.25) is 19.4 Å². The zero-order chi connectivity index (χ0) is 37.9. The van der Waals surface area contributed by atoms with Crippen LogP contribution in [0.25, 0.3) is 0 Å². The number of nitrogens with zero attached hydrogens (tertiary/aromatic N) is 3. The first-order valence-corrected chi connectivity index (χ1v) is 16.6. The molecule has 276 valence electrons. The van der Waals surface area contributed by atoms with E-state index >= 15 is 0 Å². The minimum atomic E-state index is -4.53. The van der Waals surface area contributed by atoms with Gasteiger partial charge in [-0.05, 0) is 71.5 Å². The summed E-state index contributed by atoms with van der Waals surface area (Å²) >= 11 is 5.98. The second-order valence-electron chi connectivity index (χ2n) is 12.6. The molecular weight excluding hydrogens is 706 g/mol. The first kappa shape index (κ1) is 39.6. The molecule has 4 N–H and O–H groups in total. The number of allylic oxidation sites excluding steroid dienone is 1. The predicted octanol–water partition coefficient (Wildman–Crippen LogP) is 6.29. The van der Waals surface area contributed by atoms with Crippen molar-refractivity contribution in [2.45, 2.75) is 52.6 Å². The summed E-state index contributed by atoms with van der Waals surface area (Å²) in [5.74, 6) is -2.26. The fraction of sp³-hybridized carbons (Fsp3) is 0.333. The van der Waals surface area contributed by atoms with Crippen LogP contribution in [-0.4, -0.2) is 66.4 Å². The third-order valence-corrected chi connectivity index (χ3v) is 7.79. The molecule has 0 radical (unpaired) electrons. The number of halogens is 5. The first-order chi connectivity index (χ1) is 24.6. The third kappa shape index (κ3) is 12.9. The van der Waals surface area contributed by atoms with Crippen molar-refractivity contribution in [3.05, 3.63) is 100 Å². The summed E-state index contributed by atoms with van der Waals surface area (Å²) in [4.78, 5) is 50.9. The van der Waals surface area contributed by atoms with E-state index in [1.807, 2.05) is 0 Å². The summed E-state index contributed by atoms with van der Waals surface area (Å²) in [7, 11) is 0. The van der Waals surface area contributed by atoms with E-state index in [2.05, 4.69) is 36.2 Å². The highest BCUT2D eigenvalue weighted by molar-refractivity contribution is 6.39. The molecule has 4 rings (SSSR count). The van der Waals surface area contributed by atoms with Crippen LogP contribution >= 0.6 is 11.6 Å². The van der Waals surface area contributed by atoms with Crippen molar-refractivity contribution in [1.82, 2.24) is 20.9 Å². The van der Waals surface area contributed by atoms with Gasteiger partial charge in [0.15, 0.2) is 12.0 Å². The van der Waals surface area contributed by atoms with E-state index in [1.54, 1.807) is 51.1 Å². The van der Waals surface area contributed by atoms with Crippen molar-refractivity contribution >= 4 is 52.4 Å². The number of benzene rings is 2. The van der Waals surface area contributed by atoms with E-state index < -0.39 is 48.0 Å². The number of amidine groups is 1. The number of aliphatic imine (C=N–C) groups is 2.